The molecule has 1 heterocycles. The minimum Gasteiger partial charge on any atom is -0.381 e. The molecule has 0 radical (unpaired) electrons. The number of hydrogen-bond donors (Lipinski definition) is 1. The Morgan fingerprint density at radius 3 is 2.69 bits per heavy atom. The maximum absolute atomic E-state index is 12.7. The van der Waals surface area contributed by atoms with Crippen LogP contribution in [0.25, 0.3) is 0 Å². The molecule has 7 heteroatoms. The molecule has 26 heavy (non-hydrogen) atoms. The quantitative estimate of drug-likeness (QED) is 0.631. The summed E-state index contributed by atoms with van der Waals surface area (Å²) in [4.78, 5) is 12.7. The van der Waals surface area contributed by atoms with E-state index in [4.69, 9.17) is 4.74 Å². The van der Waals surface area contributed by atoms with E-state index in [-0.39, 0.29) is 23.3 Å². The molecule has 146 valence electrons. The first kappa shape index (κ1) is 20.9. The van der Waals surface area contributed by atoms with E-state index in [1.54, 1.807) is 30.3 Å². The summed E-state index contributed by atoms with van der Waals surface area (Å²) in [6.07, 6.45) is 4.36. The number of ether oxygens (including phenoxy) is 1. The Kier molecular flexibility index (Phi) is 8.54. The summed E-state index contributed by atoms with van der Waals surface area (Å²) in [7, 11) is -3.53. The van der Waals surface area contributed by atoms with E-state index < -0.39 is 10.0 Å². The molecule has 1 fully saturated rings. The Labute approximate surface area is 157 Å². The fourth-order valence-corrected chi connectivity index (χ4v) is 4.54. The molecule has 1 aromatic carbocycles. The molecular weight excluding hydrogens is 352 g/mol. The first-order valence-corrected chi connectivity index (χ1v) is 10.9. The number of hydrogen-bond acceptors (Lipinski definition) is 4. The number of nitrogens with one attached hydrogen (secondary N) is 1. The zero-order valence-electron chi connectivity index (χ0n) is 15.5. The summed E-state index contributed by atoms with van der Waals surface area (Å²) in [5.74, 6) is -0.352. The van der Waals surface area contributed by atoms with Gasteiger partial charge in [-0.2, -0.15) is 4.31 Å². The molecule has 1 N–H and O–H groups in total. The number of sulfonamides is 1. The van der Waals surface area contributed by atoms with Gasteiger partial charge in [0.05, 0.1) is 10.8 Å². The largest absolute Gasteiger partial charge is 0.381 e. The molecule has 0 aromatic heterocycles. The standard InChI is InChI=1S/C19H30N2O4S/c1-2-3-14-25-15-8-12-20-19(22)17-9-7-13-21(16-17)26(23,24)18-10-5-4-6-11-18/h4-6,10-11,17H,2-3,7-9,12-16H2,1H3,(H,20,22). The second kappa shape index (κ2) is 10.6. The van der Waals surface area contributed by atoms with Gasteiger partial charge in [-0.15, -0.1) is 0 Å². The van der Waals surface area contributed by atoms with Crippen molar-refractivity contribution in [1.82, 2.24) is 9.62 Å². The predicted octanol–water partition coefficient (Wildman–Crippen LogP) is 2.41. The Bertz CT molecular complexity index is 649. The summed E-state index contributed by atoms with van der Waals surface area (Å²) < 4.78 is 32.3. The van der Waals surface area contributed by atoms with Gasteiger partial charge >= 0.3 is 0 Å². The molecular formula is C19H30N2O4S. The third-order valence-electron chi connectivity index (χ3n) is 4.54. The monoisotopic (exact) mass is 382 g/mol. The molecule has 1 amide bonds. The van der Waals surface area contributed by atoms with Crippen LogP contribution in [-0.4, -0.2) is 51.5 Å². The summed E-state index contributed by atoms with van der Waals surface area (Å²) in [6, 6.07) is 8.40. The third kappa shape index (κ3) is 6.07. The minimum atomic E-state index is -3.53. The lowest BCUT2D eigenvalue weighted by molar-refractivity contribution is -0.126. The van der Waals surface area contributed by atoms with E-state index in [0.29, 0.717) is 26.1 Å². The van der Waals surface area contributed by atoms with Crippen LogP contribution >= 0.6 is 0 Å². The average Bonchev–Trinajstić information content (AvgIpc) is 2.68. The second-order valence-corrected chi connectivity index (χ2v) is 8.56. The van der Waals surface area contributed by atoms with Crippen molar-refractivity contribution in [2.45, 2.75) is 43.9 Å². The fraction of sp³-hybridized carbons (Fsp3) is 0.632. The molecule has 0 spiro atoms. The molecule has 1 saturated heterocycles. The summed E-state index contributed by atoms with van der Waals surface area (Å²) in [5.41, 5.74) is 0. The summed E-state index contributed by atoms with van der Waals surface area (Å²) in [5, 5.41) is 2.91. The minimum absolute atomic E-state index is 0.0634. The third-order valence-corrected chi connectivity index (χ3v) is 6.42. The topological polar surface area (TPSA) is 75.7 Å². The van der Waals surface area contributed by atoms with Gasteiger partial charge in [0, 0.05) is 32.8 Å². The van der Waals surface area contributed by atoms with Crippen molar-refractivity contribution in [1.29, 1.82) is 0 Å². The second-order valence-electron chi connectivity index (χ2n) is 6.63. The fourth-order valence-electron chi connectivity index (χ4n) is 2.99. The average molecular weight is 383 g/mol. The Morgan fingerprint density at radius 2 is 1.96 bits per heavy atom. The van der Waals surface area contributed by atoms with Crippen molar-refractivity contribution in [3.8, 4) is 0 Å². The molecule has 1 aliphatic rings. The zero-order valence-corrected chi connectivity index (χ0v) is 16.3. The lowest BCUT2D eigenvalue weighted by Gasteiger charge is -2.31. The number of carbonyl (C=O) groups is 1. The van der Waals surface area contributed by atoms with Crippen LogP contribution in [0.1, 0.15) is 39.0 Å². The van der Waals surface area contributed by atoms with Crippen LogP contribution in [0, 0.1) is 5.92 Å². The van der Waals surface area contributed by atoms with Gasteiger partial charge in [-0.1, -0.05) is 31.5 Å². The van der Waals surface area contributed by atoms with Gasteiger partial charge < -0.3 is 10.1 Å². The van der Waals surface area contributed by atoms with Gasteiger partial charge in [-0.05, 0) is 37.8 Å². The normalized spacial score (nSPS) is 18.6. The molecule has 1 unspecified atom stereocenters. The summed E-state index contributed by atoms with van der Waals surface area (Å²) >= 11 is 0. The van der Waals surface area contributed by atoms with Crippen LogP contribution in [0.2, 0.25) is 0 Å². The van der Waals surface area contributed by atoms with Gasteiger partial charge in [0.15, 0.2) is 0 Å². The van der Waals surface area contributed by atoms with Gasteiger partial charge in [-0.3, -0.25) is 4.79 Å². The van der Waals surface area contributed by atoms with E-state index in [0.717, 1.165) is 32.3 Å². The molecule has 0 bridgehead atoms. The van der Waals surface area contributed by atoms with Crippen LogP contribution in [0.4, 0.5) is 0 Å². The Balaban J connectivity index is 1.79. The highest BCUT2D eigenvalue weighted by Crippen LogP contribution is 2.23. The SMILES string of the molecule is CCCCOCCCNC(=O)C1CCCN(S(=O)(=O)c2ccccc2)C1. The van der Waals surface area contributed by atoms with Crippen LogP contribution in [0.15, 0.2) is 35.2 Å². The highest BCUT2D eigenvalue weighted by Gasteiger charge is 2.33. The van der Waals surface area contributed by atoms with Crippen LogP contribution in [-0.2, 0) is 19.6 Å². The number of amides is 1. The van der Waals surface area contributed by atoms with Crippen LogP contribution in [0.5, 0.6) is 0 Å². The number of benzene rings is 1. The lowest BCUT2D eigenvalue weighted by atomic mass is 9.99. The molecule has 6 nitrogen and oxygen atoms in total. The number of rotatable bonds is 10. The van der Waals surface area contributed by atoms with Gasteiger partial charge in [0.2, 0.25) is 15.9 Å². The zero-order chi connectivity index (χ0) is 18.8. The van der Waals surface area contributed by atoms with E-state index in [1.807, 2.05) is 0 Å². The molecule has 1 aliphatic heterocycles. The number of piperidine rings is 1. The van der Waals surface area contributed by atoms with Crippen molar-refractivity contribution in [2.24, 2.45) is 5.92 Å². The van der Waals surface area contributed by atoms with Gasteiger partial charge in [0.25, 0.3) is 0 Å². The van der Waals surface area contributed by atoms with Gasteiger partial charge in [0.1, 0.15) is 0 Å². The van der Waals surface area contributed by atoms with Crippen LogP contribution < -0.4 is 5.32 Å². The van der Waals surface area contributed by atoms with Crippen molar-refractivity contribution in [3.05, 3.63) is 30.3 Å². The molecule has 2 rings (SSSR count). The lowest BCUT2D eigenvalue weighted by Crippen LogP contribution is -2.45. The van der Waals surface area contributed by atoms with Crippen LogP contribution in [0.3, 0.4) is 0 Å². The highest BCUT2D eigenvalue weighted by molar-refractivity contribution is 7.89. The van der Waals surface area contributed by atoms with E-state index >= 15 is 0 Å². The predicted molar refractivity (Wildman–Crippen MR) is 101 cm³/mol. The van der Waals surface area contributed by atoms with Crippen molar-refractivity contribution in [2.75, 3.05) is 32.8 Å². The molecule has 1 aromatic rings. The molecule has 1 atom stereocenters. The number of unbranched alkanes of at least 4 members (excludes halogenated alkanes) is 1. The van der Waals surface area contributed by atoms with Crippen molar-refractivity contribution >= 4 is 15.9 Å². The smallest absolute Gasteiger partial charge is 0.243 e. The number of carbonyl (C=O) groups excluding carboxylic acids is 1. The summed E-state index contributed by atoms with van der Waals surface area (Å²) in [6.45, 7) is 4.79. The van der Waals surface area contributed by atoms with E-state index in [2.05, 4.69) is 12.2 Å². The highest BCUT2D eigenvalue weighted by atomic mass is 32.2. The van der Waals surface area contributed by atoms with E-state index in [9.17, 15) is 13.2 Å². The molecule has 0 aliphatic carbocycles. The van der Waals surface area contributed by atoms with Crippen molar-refractivity contribution < 1.29 is 17.9 Å². The first-order valence-electron chi connectivity index (χ1n) is 9.46. The maximum atomic E-state index is 12.7. The van der Waals surface area contributed by atoms with E-state index in [1.165, 1.54) is 4.31 Å². The molecule has 0 saturated carbocycles. The maximum Gasteiger partial charge on any atom is 0.243 e. The Hall–Kier alpha value is -1.44. The van der Waals surface area contributed by atoms with Gasteiger partial charge in [-0.25, -0.2) is 8.42 Å². The number of nitrogens with zero attached hydrogens (tertiary/aromatic N) is 1. The Morgan fingerprint density at radius 1 is 1.23 bits per heavy atom. The first-order chi connectivity index (χ1) is 12.6. The van der Waals surface area contributed by atoms with Crippen molar-refractivity contribution in [3.63, 3.8) is 0 Å².